The number of carboxylic acids is 4. The van der Waals surface area contributed by atoms with Gasteiger partial charge in [0.1, 0.15) is 0 Å². The minimum absolute atomic E-state index is 0. The number of carbonyl (C=O) groups excluding carboxylic acids is 4. The van der Waals surface area contributed by atoms with Crippen molar-refractivity contribution in [3.63, 3.8) is 0 Å². The molecule has 0 bridgehead atoms. The molecule has 0 amide bonds. The normalized spacial score (nSPS) is 8.41. The fourth-order valence-corrected chi connectivity index (χ4v) is 1.28. The van der Waals surface area contributed by atoms with Crippen LogP contribution < -0.4 is 20.4 Å². The van der Waals surface area contributed by atoms with Crippen LogP contribution >= 0.6 is 0 Å². The van der Waals surface area contributed by atoms with Crippen molar-refractivity contribution in [2.45, 2.75) is 105 Å². The summed E-state index contributed by atoms with van der Waals surface area (Å²) < 4.78 is 0. The second-order valence-corrected chi connectivity index (χ2v) is 5.90. The van der Waals surface area contributed by atoms with Gasteiger partial charge in [-0.1, -0.05) is 53.4 Å². The third-order valence-electron chi connectivity index (χ3n) is 2.94. The first kappa shape index (κ1) is 38.4. The first-order valence-electron chi connectivity index (χ1n) is 9.88. The van der Waals surface area contributed by atoms with Crippen molar-refractivity contribution in [3.8, 4) is 0 Å². The molecular weight excluding hydrogens is 575 g/mol. The minimum atomic E-state index is -0.943. The SMILES string of the molecule is CCCCC(=O)[O-].CCCCC(=O)[O-].CCCCC(=O)[O-].CCCCC(=O)[O-].[Pb+4]. The molecule has 0 saturated carbocycles. The summed E-state index contributed by atoms with van der Waals surface area (Å²) in [6.07, 6.45) is 7.47. The molecular formula is C20H36O8Pb. The van der Waals surface area contributed by atoms with Gasteiger partial charge < -0.3 is 39.6 Å². The second-order valence-electron chi connectivity index (χ2n) is 5.90. The van der Waals surface area contributed by atoms with Gasteiger partial charge in [0.15, 0.2) is 0 Å². The van der Waals surface area contributed by atoms with Crippen LogP contribution in [0.5, 0.6) is 0 Å². The predicted molar refractivity (Wildman–Crippen MR) is 104 cm³/mol. The van der Waals surface area contributed by atoms with Gasteiger partial charge in [-0.2, -0.15) is 0 Å². The second kappa shape index (κ2) is 34.3. The molecule has 0 aliphatic heterocycles. The van der Waals surface area contributed by atoms with E-state index in [1.54, 1.807) is 0 Å². The van der Waals surface area contributed by atoms with Crippen LogP contribution in [0.3, 0.4) is 0 Å². The van der Waals surface area contributed by atoms with Gasteiger partial charge in [-0.25, -0.2) is 0 Å². The maximum atomic E-state index is 9.65. The van der Waals surface area contributed by atoms with Gasteiger partial charge in [-0.3, -0.25) is 0 Å². The van der Waals surface area contributed by atoms with E-state index in [1.165, 1.54) is 0 Å². The Labute approximate surface area is 195 Å². The Balaban J connectivity index is -0.0000000873. The molecule has 0 aromatic heterocycles. The van der Waals surface area contributed by atoms with Crippen molar-refractivity contribution in [2.24, 2.45) is 0 Å². The number of hydrogen-bond acceptors (Lipinski definition) is 8. The number of carboxylic acid groups (broad SMARTS) is 4. The van der Waals surface area contributed by atoms with E-state index >= 15 is 0 Å². The largest absolute Gasteiger partial charge is 4.00 e. The molecule has 0 aliphatic rings. The zero-order valence-corrected chi connectivity index (χ0v) is 22.1. The van der Waals surface area contributed by atoms with E-state index in [1.807, 2.05) is 27.7 Å². The van der Waals surface area contributed by atoms with Crippen LogP contribution in [-0.2, 0) is 19.2 Å². The quantitative estimate of drug-likeness (QED) is 0.263. The summed E-state index contributed by atoms with van der Waals surface area (Å²) in [6.45, 7) is 7.79. The van der Waals surface area contributed by atoms with E-state index in [0.29, 0.717) is 0 Å². The van der Waals surface area contributed by atoms with Gasteiger partial charge in [0, 0.05) is 23.9 Å². The van der Waals surface area contributed by atoms with Crippen LogP contribution in [0, 0.1) is 0 Å². The number of hydrogen-bond donors (Lipinski definition) is 0. The summed E-state index contributed by atoms with van der Waals surface area (Å²) in [5.41, 5.74) is 0. The fourth-order valence-electron chi connectivity index (χ4n) is 1.28. The Morgan fingerprint density at radius 2 is 0.586 bits per heavy atom. The van der Waals surface area contributed by atoms with E-state index < -0.39 is 23.9 Å². The maximum absolute atomic E-state index is 9.65. The van der Waals surface area contributed by atoms with E-state index in [4.69, 9.17) is 0 Å². The molecule has 0 spiro atoms. The summed E-state index contributed by atoms with van der Waals surface area (Å²) >= 11 is 0. The van der Waals surface area contributed by atoms with Gasteiger partial charge in [-0.15, -0.1) is 0 Å². The molecule has 0 N–H and O–H groups in total. The molecule has 9 heteroatoms. The molecule has 0 rings (SSSR count). The first-order chi connectivity index (χ1) is 13.1. The molecule has 0 unspecified atom stereocenters. The molecule has 0 aliphatic carbocycles. The third kappa shape index (κ3) is 75.2. The molecule has 0 radical (unpaired) electrons. The Kier molecular flexibility index (Phi) is 45.5. The molecule has 168 valence electrons. The van der Waals surface area contributed by atoms with Crippen LogP contribution in [0.1, 0.15) is 105 Å². The van der Waals surface area contributed by atoms with Crippen molar-refractivity contribution < 1.29 is 39.6 Å². The van der Waals surface area contributed by atoms with E-state index in [0.717, 1.165) is 51.4 Å². The molecule has 0 saturated heterocycles. The Bertz CT molecular complexity index is 315. The van der Waals surface area contributed by atoms with Crippen LogP contribution in [0.4, 0.5) is 0 Å². The fraction of sp³-hybridized carbons (Fsp3) is 0.800. The van der Waals surface area contributed by atoms with Crippen LogP contribution in [0.15, 0.2) is 0 Å². The van der Waals surface area contributed by atoms with Crippen molar-refractivity contribution in [2.75, 3.05) is 0 Å². The minimum Gasteiger partial charge on any atom is -0.550 e. The van der Waals surface area contributed by atoms with E-state index in [9.17, 15) is 39.6 Å². The average Bonchev–Trinajstić information content (AvgIpc) is 2.62. The van der Waals surface area contributed by atoms with Crippen molar-refractivity contribution in [1.29, 1.82) is 0 Å². The maximum Gasteiger partial charge on any atom is 4.00 e. The number of aliphatic carboxylic acids is 4. The summed E-state index contributed by atoms with van der Waals surface area (Å²) in [5.74, 6) is -3.77. The van der Waals surface area contributed by atoms with Crippen LogP contribution in [0.2, 0.25) is 0 Å². The summed E-state index contributed by atoms with van der Waals surface area (Å²) in [5, 5.41) is 38.6. The molecule has 0 aromatic carbocycles. The van der Waals surface area contributed by atoms with Gasteiger partial charge in [0.2, 0.25) is 0 Å². The van der Waals surface area contributed by atoms with E-state index in [-0.39, 0.29) is 53.0 Å². The topological polar surface area (TPSA) is 161 Å². The van der Waals surface area contributed by atoms with Crippen molar-refractivity contribution in [1.82, 2.24) is 0 Å². The summed E-state index contributed by atoms with van der Waals surface area (Å²) in [7, 11) is 0. The number of unbranched alkanes of at least 4 members (excludes halogenated alkanes) is 4. The van der Waals surface area contributed by atoms with Gasteiger partial charge >= 0.3 is 27.3 Å². The van der Waals surface area contributed by atoms with Crippen molar-refractivity contribution >= 4 is 51.2 Å². The Morgan fingerprint density at radius 1 is 0.448 bits per heavy atom. The van der Waals surface area contributed by atoms with Gasteiger partial charge in [0.05, 0.1) is 0 Å². The van der Waals surface area contributed by atoms with Gasteiger partial charge in [0.25, 0.3) is 0 Å². The number of carbonyl (C=O) groups is 4. The average molecular weight is 612 g/mol. The third-order valence-corrected chi connectivity index (χ3v) is 2.94. The standard InChI is InChI=1S/4C5H10O2.Pb/c4*1-2-3-4-5(6)7;/h4*2-4H2,1H3,(H,6,7);/q;;;;+4/p-4. The molecule has 29 heavy (non-hydrogen) atoms. The smallest absolute Gasteiger partial charge is 0.550 e. The van der Waals surface area contributed by atoms with Crippen LogP contribution in [-0.4, -0.2) is 51.2 Å². The molecule has 8 nitrogen and oxygen atoms in total. The zero-order chi connectivity index (χ0) is 22.8. The summed E-state index contributed by atoms with van der Waals surface area (Å²) in [4.78, 5) is 38.6. The van der Waals surface area contributed by atoms with E-state index in [2.05, 4.69) is 0 Å². The molecule has 0 fully saturated rings. The van der Waals surface area contributed by atoms with Gasteiger partial charge in [-0.05, 0) is 51.4 Å². The molecule has 0 atom stereocenters. The van der Waals surface area contributed by atoms with Crippen molar-refractivity contribution in [3.05, 3.63) is 0 Å². The molecule has 0 heterocycles. The van der Waals surface area contributed by atoms with Crippen LogP contribution in [0.25, 0.3) is 0 Å². The summed E-state index contributed by atoms with van der Waals surface area (Å²) in [6, 6.07) is 0. The Hall–Kier alpha value is -1.20. The monoisotopic (exact) mass is 612 g/mol. The zero-order valence-electron chi connectivity index (χ0n) is 18.3. The number of rotatable bonds is 12. The predicted octanol–water partition coefficient (Wildman–Crippen LogP) is -0.675. The first-order valence-corrected chi connectivity index (χ1v) is 9.88. The molecule has 0 aromatic rings. The Morgan fingerprint density at radius 3 is 0.621 bits per heavy atom.